The molecule has 0 aliphatic heterocycles. The van der Waals surface area contributed by atoms with Crippen molar-refractivity contribution in [3.05, 3.63) is 22.2 Å². The molecule has 5 heteroatoms. The summed E-state index contributed by atoms with van der Waals surface area (Å²) in [6.45, 7) is 4.61. The molecular formula is C12H20N4O. The second-order valence-electron chi connectivity index (χ2n) is 5.03. The van der Waals surface area contributed by atoms with Crippen molar-refractivity contribution in [3.8, 4) is 0 Å². The van der Waals surface area contributed by atoms with Crippen molar-refractivity contribution in [1.82, 2.24) is 9.97 Å². The predicted octanol–water partition coefficient (Wildman–Crippen LogP) is 1.19. The van der Waals surface area contributed by atoms with Crippen LogP contribution in [0.2, 0.25) is 0 Å². The predicted molar refractivity (Wildman–Crippen MR) is 68.2 cm³/mol. The van der Waals surface area contributed by atoms with Crippen molar-refractivity contribution in [2.45, 2.75) is 44.6 Å². The Bertz CT molecular complexity index is 446. The standard InChI is InChI=1S/C12H20N4O/c1-3-12(2,7-13)16-9-6-10(17)15-11(14-9)8-4-5-8/h6,8H,3-5,7,13H2,1-2H3,(H2,14,15,16,17). The van der Waals surface area contributed by atoms with E-state index >= 15 is 0 Å². The van der Waals surface area contributed by atoms with Gasteiger partial charge in [-0.1, -0.05) is 6.92 Å². The van der Waals surface area contributed by atoms with Crippen LogP contribution in [0.4, 0.5) is 5.82 Å². The molecule has 1 aromatic heterocycles. The summed E-state index contributed by atoms with van der Waals surface area (Å²) in [5.41, 5.74) is 5.43. The molecule has 94 valence electrons. The van der Waals surface area contributed by atoms with Gasteiger partial charge in [0.15, 0.2) is 0 Å². The van der Waals surface area contributed by atoms with E-state index in [0.717, 1.165) is 25.1 Å². The van der Waals surface area contributed by atoms with Crippen LogP contribution in [0.5, 0.6) is 0 Å². The van der Waals surface area contributed by atoms with Crippen LogP contribution < -0.4 is 16.6 Å². The number of nitrogens with two attached hydrogens (primary N) is 1. The molecule has 1 saturated carbocycles. The normalized spacial score (nSPS) is 18.8. The van der Waals surface area contributed by atoms with Crippen molar-refractivity contribution >= 4 is 5.82 Å². The van der Waals surface area contributed by atoms with Crippen molar-refractivity contribution < 1.29 is 0 Å². The Kier molecular flexibility index (Phi) is 3.19. The van der Waals surface area contributed by atoms with Gasteiger partial charge in [0.25, 0.3) is 5.56 Å². The number of nitrogens with one attached hydrogen (secondary N) is 2. The number of aromatic nitrogens is 2. The van der Waals surface area contributed by atoms with Gasteiger partial charge in [-0.25, -0.2) is 4.98 Å². The summed E-state index contributed by atoms with van der Waals surface area (Å²) in [5, 5.41) is 3.26. The van der Waals surface area contributed by atoms with Gasteiger partial charge in [0.05, 0.1) is 0 Å². The van der Waals surface area contributed by atoms with Gasteiger partial charge in [-0.05, 0) is 26.2 Å². The van der Waals surface area contributed by atoms with Gasteiger partial charge in [0.1, 0.15) is 11.6 Å². The first-order valence-corrected chi connectivity index (χ1v) is 6.16. The molecule has 0 aromatic carbocycles. The topological polar surface area (TPSA) is 83.8 Å². The summed E-state index contributed by atoms with van der Waals surface area (Å²) in [5.74, 6) is 1.87. The molecule has 0 bridgehead atoms. The molecule has 1 aromatic rings. The van der Waals surface area contributed by atoms with E-state index in [0.29, 0.717) is 18.3 Å². The maximum absolute atomic E-state index is 11.5. The third kappa shape index (κ3) is 2.85. The lowest BCUT2D eigenvalue weighted by atomic mass is 9.99. The first-order chi connectivity index (χ1) is 8.06. The summed E-state index contributed by atoms with van der Waals surface area (Å²) in [7, 11) is 0. The van der Waals surface area contributed by atoms with Gasteiger partial charge in [0.2, 0.25) is 0 Å². The van der Waals surface area contributed by atoms with Gasteiger partial charge in [0, 0.05) is 24.1 Å². The molecule has 5 nitrogen and oxygen atoms in total. The zero-order valence-electron chi connectivity index (χ0n) is 10.4. The van der Waals surface area contributed by atoms with Crippen molar-refractivity contribution in [3.63, 3.8) is 0 Å². The van der Waals surface area contributed by atoms with Crippen LogP contribution in [0.3, 0.4) is 0 Å². The lowest BCUT2D eigenvalue weighted by molar-refractivity contribution is 0.504. The van der Waals surface area contributed by atoms with Crippen LogP contribution in [0.1, 0.15) is 44.9 Å². The number of hydrogen-bond donors (Lipinski definition) is 3. The molecule has 0 radical (unpaired) electrons. The van der Waals surface area contributed by atoms with Crippen molar-refractivity contribution in [2.75, 3.05) is 11.9 Å². The molecule has 1 fully saturated rings. The maximum atomic E-state index is 11.5. The second kappa shape index (κ2) is 4.49. The number of anilines is 1. The van der Waals surface area contributed by atoms with E-state index in [-0.39, 0.29) is 11.1 Å². The molecule has 1 atom stereocenters. The molecule has 17 heavy (non-hydrogen) atoms. The Hall–Kier alpha value is -1.36. The molecule has 1 aliphatic carbocycles. The van der Waals surface area contributed by atoms with E-state index in [2.05, 4.69) is 22.2 Å². The molecule has 4 N–H and O–H groups in total. The number of rotatable bonds is 5. The number of hydrogen-bond acceptors (Lipinski definition) is 4. The Labute approximate surface area is 101 Å². The fraction of sp³-hybridized carbons (Fsp3) is 0.667. The number of H-pyrrole nitrogens is 1. The van der Waals surface area contributed by atoms with Crippen LogP contribution in [-0.2, 0) is 0 Å². The highest BCUT2D eigenvalue weighted by atomic mass is 16.1. The van der Waals surface area contributed by atoms with E-state index in [1.165, 1.54) is 6.07 Å². The highest BCUT2D eigenvalue weighted by molar-refractivity contribution is 5.37. The quantitative estimate of drug-likeness (QED) is 0.717. The number of nitrogens with zero attached hydrogens (tertiary/aromatic N) is 1. The van der Waals surface area contributed by atoms with Crippen LogP contribution in [0.15, 0.2) is 10.9 Å². The summed E-state index contributed by atoms with van der Waals surface area (Å²) in [6, 6.07) is 1.50. The third-order valence-corrected chi connectivity index (χ3v) is 3.38. The number of aromatic amines is 1. The minimum atomic E-state index is -0.207. The summed E-state index contributed by atoms with van der Waals surface area (Å²) < 4.78 is 0. The van der Waals surface area contributed by atoms with E-state index in [4.69, 9.17) is 5.73 Å². The second-order valence-corrected chi connectivity index (χ2v) is 5.03. The monoisotopic (exact) mass is 236 g/mol. The first-order valence-electron chi connectivity index (χ1n) is 6.16. The lowest BCUT2D eigenvalue weighted by Crippen LogP contribution is -2.42. The van der Waals surface area contributed by atoms with Gasteiger partial charge >= 0.3 is 0 Å². The fourth-order valence-electron chi connectivity index (χ4n) is 1.68. The van der Waals surface area contributed by atoms with E-state index < -0.39 is 0 Å². The van der Waals surface area contributed by atoms with Crippen LogP contribution in [0, 0.1) is 0 Å². The molecule has 2 rings (SSSR count). The summed E-state index contributed by atoms with van der Waals surface area (Å²) in [6.07, 6.45) is 3.12. The van der Waals surface area contributed by atoms with Crippen LogP contribution in [-0.4, -0.2) is 22.1 Å². The van der Waals surface area contributed by atoms with Gasteiger partial charge in [-0.15, -0.1) is 0 Å². The molecule has 1 aliphatic rings. The Balaban J connectivity index is 2.23. The smallest absolute Gasteiger partial charge is 0.252 e. The van der Waals surface area contributed by atoms with Crippen molar-refractivity contribution in [1.29, 1.82) is 0 Å². The fourth-order valence-corrected chi connectivity index (χ4v) is 1.68. The van der Waals surface area contributed by atoms with Crippen LogP contribution >= 0.6 is 0 Å². The zero-order chi connectivity index (χ0) is 12.5. The first kappa shape index (κ1) is 12.1. The summed E-state index contributed by atoms with van der Waals surface area (Å²) >= 11 is 0. The van der Waals surface area contributed by atoms with Gasteiger partial charge in [-0.3, -0.25) is 4.79 Å². The lowest BCUT2D eigenvalue weighted by Gasteiger charge is -2.28. The van der Waals surface area contributed by atoms with Crippen LogP contribution in [0.25, 0.3) is 0 Å². The molecule has 0 saturated heterocycles. The average Bonchev–Trinajstić information content (AvgIpc) is 3.12. The Morgan fingerprint density at radius 2 is 2.35 bits per heavy atom. The largest absolute Gasteiger partial charge is 0.363 e. The molecule has 0 amide bonds. The average molecular weight is 236 g/mol. The van der Waals surface area contributed by atoms with Gasteiger partial charge in [-0.2, -0.15) is 0 Å². The van der Waals surface area contributed by atoms with E-state index in [9.17, 15) is 4.79 Å². The maximum Gasteiger partial charge on any atom is 0.252 e. The van der Waals surface area contributed by atoms with Crippen molar-refractivity contribution in [2.24, 2.45) is 5.73 Å². The molecule has 0 spiro atoms. The van der Waals surface area contributed by atoms with E-state index in [1.54, 1.807) is 0 Å². The minimum absolute atomic E-state index is 0.0973. The summed E-state index contributed by atoms with van der Waals surface area (Å²) in [4.78, 5) is 18.8. The zero-order valence-corrected chi connectivity index (χ0v) is 10.4. The Morgan fingerprint density at radius 1 is 1.65 bits per heavy atom. The SMILES string of the molecule is CCC(C)(CN)Nc1cc(=O)[nH]c(C2CC2)n1. The molecule has 1 unspecified atom stereocenters. The minimum Gasteiger partial charge on any atom is -0.363 e. The molecule has 1 heterocycles. The highest BCUT2D eigenvalue weighted by Gasteiger charge is 2.27. The third-order valence-electron chi connectivity index (χ3n) is 3.38. The molecular weight excluding hydrogens is 216 g/mol. The highest BCUT2D eigenvalue weighted by Crippen LogP contribution is 2.37. The Morgan fingerprint density at radius 3 is 2.88 bits per heavy atom. The van der Waals surface area contributed by atoms with E-state index in [1.807, 2.05) is 6.92 Å². The van der Waals surface area contributed by atoms with Gasteiger partial charge < -0.3 is 16.0 Å².